The third kappa shape index (κ3) is 3.86. The van der Waals surface area contributed by atoms with E-state index in [1.54, 1.807) is 0 Å². The van der Waals surface area contributed by atoms with Crippen LogP contribution in [-0.2, 0) is 14.3 Å². The van der Waals surface area contributed by atoms with Crippen molar-refractivity contribution >= 4 is 11.9 Å². The number of rotatable bonds is 5. The van der Waals surface area contributed by atoms with E-state index in [1.807, 2.05) is 0 Å². The van der Waals surface area contributed by atoms with Gasteiger partial charge >= 0.3 is 5.97 Å². The van der Waals surface area contributed by atoms with E-state index in [9.17, 15) is 34.4 Å². The third-order valence-electron chi connectivity index (χ3n) is 3.18. The van der Waals surface area contributed by atoms with Crippen LogP contribution in [0.2, 0.25) is 0 Å². The van der Waals surface area contributed by atoms with E-state index in [2.05, 4.69) is 5.32 Å². The molecule has 1 rings (SSSR count). The summed E-state index contributed by atoms with van der Waals surface area (Å²) in [5.41, 5.74) is 0. The number of carboxylic acid groups (broad SMARTS) is 1. The fourth-order valence-electron chi connectivity index (χ4n) is 2.12. The van der Waals surface area contributed by atoms with Gasteiger partial charge in [0, 0.05) is 13.3 Å². The predicted octanol–water partition coefficient (Wildman–Crippen LogP) is -2.89. The van der Waals surface area contributed by atoms with Crippen LogP contribution in [0, 0.1) is 0 Å². The second-order valence-electron chi connectivity index (χ2n) is 4.88. The van der Waals surface area contributed by atoms with Crippen molar-refractivity contribution in [1.29, 1.82) is 0 Å². The smallest absolute Gasteiger partial charge is 0.364 e. The first-order valence-electron chi connectivity index (χ1n) is 6.13. The summed E-state index contributed by atoms with van der Waals surface area (Å²) in [6.45, 7) is -0.269. The number of carbonyl (C=O) groups is 2. The Bertz CT molecular complexity index is 408. The van der Waals surface area contributed by atoms with Gasteiger partial charge in [0.2, 0.25) is 5.91 Å². The molecule has 6 N–H and O–H groups in total. The Morgan fingerprint density at radius 3 is 2.48 bits per heavy atom. The molecule has 0 aliphatic carbocycles. The summed E-state index contributed by atoms with van der Waals surface area (Å²) in [5.74, 6) is -5.28. The van der Waals surface area contributed by atoms with E-state index in [0.29, 0.717) is 0 Å². The average molecular weight is 311 g/mol. The number of carboxylic acids is 1. The first-order chi connectivity index (χ1) is 9.62. The van der Waals surface area contributed by atoms with Crippen LogP contribution in [0.3, 0.4) is 0 Å². The molecule has 9 nitrogen and oxygen atoms in total. The zero-order valence-corrected chi connectivity index (χ0v) is 11.1. The number of ether oxygens (including phenoxy) is 1. The van der Waals surface area contributed by atoms with Gasteiger partial charge in [0.25, 0.3) is 5.79 Å². The molecular weight excluding hydrogens is 293 g/mol. The molecule has 0 aromatic carbocycles. The number of aliphatic hydroxyl groups is 4. The minimum atomic E-state index is -2.82. The van der Waals surface area contributed by atoms with Crippen LogP contribution < -0.4 is 5.32 Å². The zero-order valence-electron chi connectivity index (χ0n) is 11.1. The Hall–Kier alpha value is -1.33. The molecule has 1 heterocycles. The molecule has 122 valence electrons. The third-order valence-corrected chi connectivity index (χ3v) is 3.18. The summed E-state index contributed by atoms with van der Waals surface area (Å²) < 4.78 is 17.2. The van der Waals surface area contributed by atoms with Crippen molar-refractivity contribution in [2.24, 2.45) is 0 Å². The first kappa shape index (κ1) is 17.7. The highest BCUT2D eigenvalue weighted by atomic mass is 19.1. The second-order valence-corrected chi connectivity index (χ2v) is 4.88. The fourth-order valence-corrected chi connectivity index (χ4v) is 2.12. The lowest BCUT2D eigenvalue weighted by atomic mass is 9.89. The second kappa shape index (κ2) is 6.62. The SMILES string of the molecule is CC(=O)NC1C(O)CC(O)(C(=O)O)OC1[C@H](O)[C@H](O)CF. The van der Waals surface area contributed by atoms with E-state index in [1.165, 1.54) is 0 Å². The highest BCUT2D eigenvalue weighted by Crippen LogP contribution is 2.30. The number of halogens is 1. The lowest BCUT2D eigenvalue weighted by Crippen LogP contribution is -2.67. The predicted molar refractivity (Wildman–Crippen MR) is 63.7 cm³/mol. The Morgan fingerprint density at radius 2 is 2.05 bits per heavy atom. The molecule has 0 spiro atoms. The number of carbonyl (C=O) groups excluding carboxylic acids is 1. The van der Waals surface area contributed by atoms with Gasteiger partial charge in [0.1, 0.15) is 25.0 Å². The van der Waals surface area contributed by atoms with Crippen molar-refractivity contribution < 1.29 is 44.2 Å². The van der Waals surface area contributed by atoms with Crippen molar-refractivity contribution in [3.8, 4) is 0 Å². The van der Waals surface area contributed by atoms with E-state index in [-0.39, 0.29) is 0 Å². The standard InChI is InChI=1S/C11H18FNO8/c1-4(14)13-7-5(15)2-11(20,10(18)19)21-9(7)8(17)6(16)3-12/h5-9,15-17,20H,2-3H2,1H3,(H,13,14)(H,18,19)/t5?,6-,7?,8-,9?,11?/m1/s1. The molecule has 1 fully saturated rings. The fraction of sp³-hybridized carbons (Fsp3) is 0.818. The van der Waals surface area contributed by atoms with Gasteiger partial charge in [-0.15, -0.1) is 0 Å². The summed E-state index contributed by atoms with van der Waals surface area (Å²) in [6.07, 6.45) is -7.98. The molecule has 1 amide bonds. The van der Waals surface area contributed by atoms with Crippen LogP contribution in [0.4, 0.5) is 4.39 Å². The molecule has 1 saturated heterocycles. The van der Waals surface area contributed by atoms with E-state index in [4.69, 9.17) is 9.84 Å². The van der Waals surface area contributed by atoms with Gasteiger partial charge in [0.05, 0.1) is 12.1 Å². The van der Waals surface area contributed by atoms with Crippen molar-refractivity contribution in [3.63, 3.8) is 0 Å². The maximum absolute atomic E-state index is 12.4. The molecule has 0 aromatic rings. The van der Waals surface area contributed by atoms with Crippen molar-refractivity contribution in [2.45, 2.75) is 49.6 Å². The van der Waals surface area contributed by atoms with E-state index < -0.39 is 61.2 Å². The summed E-state index contributed by atoms with van der Waals surface area (Å²) in [4.78, 5) is 22.1. The number of hydrogen-bond donors (Lipinski definition) is 6. The minimum Gasteiger partial charge on any atom is -0.477 e. The number of nitrogens with one attached hydrogen (secondary N) is 1. The molecule has 4 unspecified atom stereocenters. The van der Waals surface area contributed by atoms with Crippen molar-refractivity contribution in [3.05, 3.63) is 0 Å². The minimum absolute atomic E-state index is 0.629. The number of amides is 1. The molecule has 0 aromatic heterocycles. The highest BCUT2D eigenvalue weighted by molar-refractivity contribution is 5.76. The number of hydrogen-bond acceptors (Lipinski definition) is 7. The Balaban J connectivity index is 3.07. The van der Waals surface area contributed by atoms with Crippen LogP contribution in [-0.4, -0.2) is 80.3 Å². The monoisotopic (exact) mass is 311 g/mol. The molecule has 6 atom stereocenters. The van der Waals surface area contributed by atoms with Gasteiger partial charge in [0.15, 0.2) is 0 Å². The van der Waals surface area contributed by atoms with Crippen LogP contribution in [0.15, 0.2) is 0 Å². The largest absolute Gasteiger partial charge is 0.477 e. The van der Waals surface area contributed by atoms with Gasteiger partial charge in [-0.2, -0.15) is 0 Å². The highest BCUT2D eigenvalue weighted by Gasteiger charge is 2.53. The van der Waals surface area contributed by atoms with Gasteiger partial charge in [-0.05, 0) is 0 Å². The Kier molecular flexibility index (Phi) is 5.59. The molecule has 10 heteroatoms. The van der Waals surface area contributed by atoms with Crippen LogP contribution >= 0.6 is 0 Å². The van der Waals surface area contributed by atoms with Gasteiger partial charge in [-0.3, -0.25) is 4.79 Å². The van der Waals surface area contributed by atoms with Gasteiger partial charge in [-0.25, -0.2) is 9.18 Å². The molecule has 0 saturated carbocycles. The average Bonchev–Trinajstić information content (AvgIpc) is 2.39. The molecular formula is C11H18FNO8. The molecule has 21 heavy (non-hydrogen) atoms. The maximum Gasteiger partial charge on any atom is 0.364 e. The summed E-state index contributed by atoms with van der Waals surface area (Å²) in [6, 6.07) is -1.32. The van der Waals surface area contributed by atoms with Crippen LogP contribution in [0.25, 0.3) is 0 Å². The normalized spacial score (nSPS) is 35.8. The number of alkyl halides is 1. The summed E-state index contributed by atoms with van der Waals surface area (Å²) in [7, 11) is 0. The summed E-state index contributed by atoms with van der Waals surface area (Å²) >= 11 is 0. The first-order valence-corrected chi connectivity index (χ1v) is 6.13. The topological polar surface area (TPSA) is 157 Å². The van der Waals surface area contributed by atoms with E-state index >= 15 is 0 Å². The summed E-state index contributed by atoms with van der Waals surface area (Å²) in [5, 5.41) is 49.8. The lowest BCUT2D eigenvalue weighted by molar-refractivity contribution is -0.294. The molecule has 1 aliphatic heterocycles. The maximum atomic E-state index is 12.4. The van der Waals surface area contributed by atoms with Gasteiger partial charge in [-0.1, -0.05) is 0 Å². The van der Waals surface area contributed by atoms with Gasteiger partial charge < -0.3 is 35.6 Å². The molecule has 1 aliphatic rings. The number of aliphatic hydroxyl groups excluding tert-OH is 3. The quantitative estimate of drug-likeness (QED) is 0.316. The zero-order chi connectivity index (χ0) is 16.4. The van der Waals surface area contributed by atoms with Crippen LogP contribution in [0.5, 0.6) is 0 Å². The molecule has 0 bridgehead atoms. The Labute approximate surface area is 119 Å². The van der Waals surface area contributed by atoms with E-state index in [0.717, 1.165) is 6.92 Å². The van der Waals surface area contributed by atoms with Crippen LogP contribution in [0.1, 0.15) is 13.3 Å². The van der Waals surface area contributed by atoms with Crippen molar-refractivity contribution in [1.82, 2.24) is 5.32 Å². The number of aliphatic carboxylic acids is 1. The van der Waals surface area contributed by atoms with Crippen molar-refractivity contribution in [2.75, 3.05) is 6.67 Å². The lowest BCUT2D eigenvalue weighted by Gasteiger charge is -2.44. The molecule has 0 radical (unpaired) electrons. The Morgan fingerprint density at radius 1 is 1.48 bits per heavy atom.